The summed E-state index contributed by atoms with van der Waals surface area (Å²) in [7, 11) is 0. The van der Waals surface area contributed by atoms with Gasteiger partial charge in [-0.25, -0.2) is 14.6 Å². The Morgan fingerprint density at radius 1 is 1.12 bits per heavy atom. The molecule has 0 aliphatic carbocycles. The smallest absolute Gasteiger partial charge is 0.409 e. The molecule has 0 saturated carbocycles. The molecule has 4 rings (SSSR count). The molecule has 2 aromatic heterocycles. The van der Waals surface area contributed by atoms with Gasteiger partial charge in [0, 0.05) is 24.5 Å². The van der Waals surface area contributed by atoms with Gasteiger partial charge in [0.1, 0.15) is 0 Å². The minimum atomic E-state index is -0.571. The van der Waals surface area contributed by atoms with E-state index in [4.69, 9.17) is 9.47 Å². The Morgan fingerprint density at radius 2 is 1.91 bits per heavy atom. The number of benzene rings is 1. The lowest BCUT2D eigenvalue weighted by Gasteiger charge is -2.31. The van der Waals surface area contributed by atoms with Crippen LogP contribution in [0, 0.1) is 0 Å². The maximum Gasteiger partial charge on any atom is 0.409 e. The third-order valence-electron chi connectivity index (χ3n) is 5.43. The fourth-order valence-electron chi connectivity index (χ4n) is 3.79. The van der Waals surface area contributed by atoms with Crippen molar-refractivity contribution in [2.24, 2.45) is 0 Å². The summed E-state index contributed by atoms with van der Waals surface area (Å²) >= 11 is 1.54. The van der Waals surface area contributed by atoms with E-state index in [1.165, 1.54) is 11.3 Å². The van der Waals surface area contributed by atoms with Gasteiger partial charge in [0.15, 0.2) is 6.61 Å². The van der Waals surface area contributed by atoms with Crippen LogP contribution in [0.5, 0.6) is 0 Å². The molecule has 172 valence electrons. The SMILES string of the molecule is CCOC(=O)N1CCC(NC(=O)COC(=O)c2cc(-c3cccs3)nc3ccccc23)CC1. The summed E-state index contributed by atoms with van der Waals surface area (Å²) in [6.07, 6.45) is 0.915. The lowest BCUT2D eigenvalue weighted by atomic mass is 10.1. The number of hydrogen-bond acceptors (Lipinski definition) is 7. The molecular weight excluding hydrogens is 442 g/mol. The molecule has 1 fully saturated rings. The van der Waals surface area contributed by atoms with Gasteiger partial charge in [-0.3, -0.25) is 4.79 Å². The number of carbonyl (C=O) groups is 3. The van der Waals surface area contributed by atoms with Crippen molar-refractivity contribution in [2.75, 3.05) is 26.3 Å². The number of likely N-dealkylation sites (tertiary alicyclic amines) is 1. The second-order valence-electron chi connectivity index (χ2n) is 7.65. The zero-order valence-electron chi connectivity index (χ0n) is 18.3. The van der Waals surface area contributed by atoms with E-state index in [-0.39, 0.29) is 24.6 Å². The summed E-state index contributed by atoms with van der Waals surface area (Å²) in [5.41, 5.74) is 1.75. The highest BCUT2D eigenvalue weighted by atomic mass is 32.1. The number of thiophene rings is 1. The molecule has 1 aromatic carbocycles. The first-order valence-electron chi connectivity index (χ1n) is 10.9. The fraction of sp³-hybridized carbons (Fsp3) is 0.333. The largest absolute Gasteiger partial charge is 0.452 e. The number of pyridine rings is 1. The van der Waals surface area contributed by atoms with Gasteiger partial charge in [-0.15, -0.1) is 11.3 Å². The van der Waals surface area contributed by atoms with Crippen LogP contribution in [0.4, 0.5) is 4.79 Å². The summed E-state index contributed by atoms with van der Waals surface area (Å²) in [6, 6.07) is 12.9. The number of carbonyl (C=O) groups excluding carboxylic acids is 3. The predicted molar refractivity (Wildman–Crippen MR) is 125 cm³/mol. The monoisotopic (exact) mass is 467 g/mol. The number of nitrogens with one attached hydrogen (secondary N) is 1. The average Bonchev–Trinajstić information content (AvgIpc) is 3.37. The molecule has 1 N–H and O–H groups in total. The first kappa shape index (κ1) is 22.7. The van der Waals surface area contributed by atoms with Gasteiger partial charge >= 0.3 is 12.1 Å². The Balaban J connectivity index is 1.36. The Morgan fingerprint density at radius 3 is 2.64 bits per heavy atom. The molecule has 0 atom stereocenters. The zero-order chi connectivity index (χ0) is 23.2. The molecule has 3 aromatic rings. The third kappa shape index (κ3) is 5.48. The van der Waals surface area contributed by atoms with Crippen molar-refractivity contribution < 1.29 is 23.9 Å². The molecule has 8 nitrogen and oxygen atoms in total. The van der Waals surface area contributed by atoms with Crippen LogP contribution < -0.4 is 5.32 Å². The van der Waals surface area contributed by atoms with Crippen molar-refractivity contribution in [3.63, 3.8) is 0 Å². The third-order valence-corrected chi connectivity index (χ3v) is 6.32. The highest BCUT2D eigenvalue weighted by Gasteiger charge is 2.25. The minimum absolute atomic E-state index is 0.0749. The number of piperidine rings is 1. The maximum absolute atomic E-state index is 12.9. The summed E-state index contributed by atoms with van der Waals surface area (Å²) in [6.45, 7) is 2.75. The average molecular weight is 468 g/mol. The zero-order valence-corrected chi connectivity index (χ0v) is 19.1. The molecule has 0 spiro atoms. The second-order valence-corrected chi connectivity index (χ2v) is 8.60. The lowest BCUT2D eigenvalue weighted by molar-refractivity contribution is -0.125. The molecule has 0 radical (unpaired) electrons. The highest BCUT2D eigenvalue weighted by Crippen LogP contribution is 2.28. The molecule has 0 bridgehead atoms. The van der Waals surface area contributed by atoms with Crippen molar-refractivity contribution in [2.45, 2.75) is 25.8 Å². The number of amides is 2. The van der Waals surface area contributed by atoms with Crippen LogP contribution in [-0.2, 0) is 14.3 Å². The van der Waals surface area contributed by atoms with Crippen LogP contribution in [0.25, 0.3) is 21.5 Å². The van der Waals surface area contributed by atoms with E-state index < -0.39 is 5.97 Å². The number of hydrogen-bond donors (Lipinski definition) is 1. The van der Waals surface area contributed by atoms with Gasteiger partial charge in [-0.2, -0.15) is 0 Å². The van der Waals surface area contributed by atoms with Crippen LogP contribution >= 0.6 is 11.3 Å². The standard InChI is InChI=1S/C24H25N3O5S/c1-2-31-24(30)27-11-9-16(10-12-27)25-22(28)15-32-23(29)18-14-20(21-8-5-13-33-21)26-19-7-4-3-6-17(18)19/h3-8,13-14,16H,2,9-12,15H2,1H3,(H,25,28). The normalized spacial score (nSPS) is 14.2. The predicted octanol–water partition coefficient (Wildman–Crippen LogP) is 3.86. The van der Waals surface area contributed by atoms with Crippen LogP contribution in [-0.4, -0.2) is 60.2 Å². The van der Waals surface area contributed by atoms with Gasteiger partial charge in [-0.05, 0) is 43.3 Å². The molecule has 3 heterocycles. The van der Waals surface area contributed by atoms with E-state index in [0.717, 1.165) is 4.88 Å². The molecule has 9 heteroatoms. The van der Waals surface area contributed by atoms with Gasteiger partial charge in [-0.1, -0.05) is 24.3 Å². The van der Waals surface area contributed by atoms with E-state index in [9.17, 15) is 14.4 Å². The van der Waals surface area contributed by atoms with Crippen LogP contribution in [0.3, 0.4) is 0 Å². The Hall–Kier alpha value is -3.46. The van der Waals surface area contributed by atoms with Crippen LogP contribution in [0.2, 0.25) is 0 Å². The highest BCUT2D eigenvalue weighted by molar-refractivity contribution is 7.13. The molecule has 0 unspecified atom stereocenters. The first-order chi connectivity index (χ1) is 16.0. The van der Waals surface area contributed by atoms with Crippen molar-refractivity contribution in [3.05, 3.63) is 53.4 Å². The van der Waals surface area contributed by atoms with Crippen LogP contribution in [0.15, 0.2) is 47.8 Å². The molecule has 1 aliphatic heterocycles. The lowest BCUT2D eigenvalue weighted by Crippen LogP contribution is -2.47. The minimum Gasteiger partial charge on any atom is -0.452 e. The fourth-order valence-corrected chi connectivity index (χ4v) is 4.48. The quantitative estimate of drug-likeness (QED) is 0.553. The van der Waals surface area contributed by atoms with Crippen LogP contribution in [0.1, 0.15) is 30.1 Å². The number of rotatable bonds is 6. The molecule has 1 aliphatic rings. The topological polar surface area (TPSA) is 97.8 Å². The van der Waals surface area contributed by atoms with E-state index in [1.807, 2.05) is 41.8 Å². The van der Waals surface area contributed by atoms with Crippen molar-refractivity contribution in [3.8, 4) is 10.6 Å². The summed E-state index contributed by atoms with van der Waals surface area (Å²) < 4.78 is 10.3. The van der Waals surface area contributed by atoms with E-state index in [1.54, 1.807) is 17.9 Å². The number of ether oxygens (including phenoxy) is 2. The molecule has 33 heavy (non-hydrogen) atoms. The van der Waals surface area contributed by atoms with Crippen molar-refractivity contribution >= 4 is 40.2 Å². The van der Waals surface area contributed by atoms with Gasteiger partial charge < -0.3 is 19.7 Å². The number of para-hydroxylation sites is 1. The summed E-state index contributed by atoms with van der Waals surface area (Å²) in [5.74, 6) is -0.937. The Bertz CT molecular complexity index is 1140. The van der Waals surface area contributed by atoms with Gasteiger partial charge in [0.05, 0.1) is 28.3 Å². The molecular formula is C24H25N3O5S. The Kier molecular flexibility index (Phi) is 7.19. The maximum atomic E-state index is 12.9. The van der Waals surface area contributed by atoms with Gasteiger partial charge in [0.25, 0.3) is 5.91 Å². The molecule has 1 saturated heterocycles. The number of fused-ring (bicyclic) bond motifs is 1. The molecule has 2 amide bonds. The van der Waals surface area contributed by atoms with Crippen molar-refractivity contribution in [1.82, 2.24) is 15.2 Å². The van der Waals surface area contributed by atoms with E-state index >= 15 is 0 Å². The summed E-state index contributed by atoms with van der Waals surface area (Å²) in [4.78, 5) is 44.3. The number of aromatic nitrogens is 1. The van der Waals surface area contributed by atoms with E-state index in [2.05, 4.69) is 10.3 Å². The first-order valence-corrected chi connectivity index (χ1v) is 11.7. The number of nitrogens with zero attached hydrogens (tertiary/aromatic N) is 2. The second kappa shape index (κ2) is 10.4. The Labute approximate surface area is 195 Å². The van der Waals surface area contributed by atoms with E-state index in [0.29, 0.717) is 54.7 Å². The number of esters is 1. The van der Waals surface area contributed by atoms with Crippen molar-refractivity contribution in [1.29, 1.82) is 0 Å². The van der Waals surface area contributed by atoms with Gasteiger partial charge in [0.2, 0.25) is 0 Å². The summed E-state index contributed by atoms with van der Waals surface area (Å²) in [5, 5.41) is 5.51.